The van der Waals surface area contributed by atoms with Gasteiger partial charge in [0.1, 0.15) is 5.75 Å². The van der Waals surface area contributed by atoms with E-state index in [0.29, 0.717) is 43.7 Å². The predicted molar refractivity (Wildman–Crippen MR) is 141 cm³/mol. The first-order chi connectivity index (χ1) is 17.9. The zero-order valence-corrected chi connectivity index (χ0v) is 21.1. The monoisotopic (exact) mass is 497 g/mol. The van der Waals surface area contributed by atoms with E-state index in [2.05, 4.69) is 27.6 Å². The molecule has 2 aromatic carbocycles. The normalized spacial score (nSPS) is 21.5. The van der Waals surface area contributed by atoms with Gasteiger partial charge in [0.05, 0.1) is 24.8 Å². The average molecular weight is 498 g/mol. The number of aromatic nitrogens is 1. The molecule has 4 atom stereocenters. The third-order valence-electron chi connectivity index (χ3n) is 7.69. The van der Waals surface area contributed by atoms with Crippen molar-refractivity contribution in [2.45, 2.75) is 44.6 Å². The minimum absolute atomic E-state index is 0.0321. The van der Waals surface area contributed by atoms with Gasteiger partial charge in [0.2, 0.25) is 11.8 Å². The van der Waals surface area contributed by atoms with Crippen molar-refractivity contribution in [3.63, 3.8) is 0 Å². The van der Waals surface area contributed by atoms with Crippen LogP contribution in [0.15, 0.2) is 42.5 Å². The van der Waals surface area contributed by atoms with Crippen molar-refractivity contribution in [3.05, 3.63) is 64.8 Å². The van der Waals surface area contributed by atoms with Gasteiger partial charge in [0.15, 0.2) is 5.78 Å². The smallest absolute Gasteiger partial charge is 0.229 e. The third kappa shape index (κ3) is 4.72. The molecule has 2 heterocycles. The highest BCUT2D eigenvalue weighted by Gasteiger charge is 2.40. The topological polar surface area (TPSA) is 100 Å². The molecule has 3 aromatic rings. The Morgan fingerprint density at radius 1 is 1.22 bits per heavy atom. The van der Waals surface area contributed by atoms with Crippen LogP contribution in [0.25, 0.3) is 10.9 Å². The largest absolute Gasteiger partial charge is 0.496 e. The summed E-state index contributed by atoms with van der Waals surface area (Å²) >= 11 is 0. The molecule has 2 amide bonds. The number of amides is 2. The molecule has 1 saturated heterocycles. The lowest BCUT2D eigenvalue weighted by atomic mass is 9.71. The van der Waals surface area contributed by atoms with E-state index in [4.69, 9.17) is 11.2 Å². The van der Waals surface area contributed by atoms with Gasteiger partial charge in [-0.15, -0.1) is 6.42 Å². The number of benzene rings is 2. The number of carbonyl (C=O) groups is 3. The predicted octanol–water partition coefficient (Wildman–Crippen LogP) is 3.66. The van der Waals surface area contributed by atoms with Crippen molar-refractivity contribution in [2.75, 3.05) is 13.7 Å². The van der Waals surface area contributed by atoms with Crippen molar-refractivity contribution in [2.24, 2.45) is 11.8 Å². The maximum absolute atomic E-state index is 13.9. The van der Waals surface area contributed by atoms with Crippen LogP contribution in [0.5, 0.6) is 5.75 Å². The van der Waals surface area contributed by atoms with Gasteiger partial charge >= 0.3 is 0 Å². The van der Waals surface area contributed by atoms with Crippen molar-refractivity contribution in [1.82, 2.24) is 15.6 Å². The van der Waals surface area contributed by atoms with Crippen LogP contribution in [0, 0.1) is 31.1 Å². The Bertz CT molecular complexity index is 1420. The number of rotatable bonds is 7. The number of fused-ring (bicyclic) bond motifs is 2. The molecule has 1 aliphatic carbocycles. The third-order valence-corrected chi connectivity index (χ3v) is 7.69. The second-order valence-corrected chi connectivity index (χ2v) is 10.0. The lowest BCUT2D eigenvalue weighted by Crippen LogP contribution is -2.44. The first-order valence-corrected chi connectivity index (χ1v) is 12.7. The molecule has 7 nitrogen and oxygen atoms in total. The second-order valence-electron chi connectivity index (χ2n) is 10.0. The standard InChI is InChI=1S/C30H31N3O4/c1-4-20(15-19-12-13-31-29(19)35)32-30(36)27-21-10-8-17(2)14-18(21)9-11-22(27)28(34)25-16-23-24(33-25)6-5-7-26(23)37-3/h1,5-8,10,14,16,19-20,22,27,33H,9,11-13,15H2,2-3H3,(H,31,35)(H,32,36)/t19-,20+,22?,27?/m0/s1. The minimum Gasteiger partial charge on any atom is -0.496 e. The molecule has 1 fully saturated rings. The molecular formula is C30H31N3O4. The number of H-pyrrole nitrogens is 1. The average Bonchev–Trinajstić information content (AvgIpc) is 3.52. The lowest BCUT2D eigenvalue weighted by Gasteiger charge is -2.33. The van der Waals surface area contributed by atoms with E-state index in [-0.39, 0.29) is 23.5 Å². The maximum atomic E-state index is 13.9. The fraction of sp³-hybridized carbons (Fsp3) is 0.367. The SMILES string of the molecule is C#C[C@H](C[C@@H]1CCNC1=O)NC(=O)C1c2ccc(C)cc2CCC1C(=O)c1cc2c(OC)cccc2[nH]1. The van der Waals surface area contributed by atoms with Gasteiger partial charge < -0.3 is 20.4 Å². The van der Waals surface area contributed by atoms with Crippen LogP contribution < -0.4 is 15.4 Å². The van der Waals surface area contributed by atoms with Crippen LogP contribution in [0.3, 0.4) is 0 Å². The van der Waals surface area contributed by atoms with E-state index in [1.165, 1.54) is 0 Å². The van der Waals surface area contributed by atoms with Crippen molar-refractivity contribution in [1.29, 1.82) is 0 Å². The van der Waals surface area contributed by atoms with E-state index in [1.807, 2.05) is 37.3 Å². The molecule has 3 N–H and O–H groups in total. The maximum Gasteiger partial charge on any atom is 0.229 e. The summed E-state index contributed by atoms with van der Waals surface area (Å²) in [5.41, 5.74) is 4.30. The molecule has 0 bridgehead atoms. The highest BCUT2D eigenvalue weighted by molar-refractivity contribution is 6.05. The Kier molecular flexibility index (Phi) is 6.75. The van der Waals surface area contributed by atoms with E-state index >= 15 is 0 Å². The minimum atomic E-state index is -0.682. The highest BCUT2D eigenvalue weighted by Crippen LogP contribution is 2.39. The van der Waals surface area contributed by atoms with Gasteiger partial charge in [-0.3, -0.25) is 14.4 Å². The number of aryl methyl sites for hydroxylation is 2. The van der Waals surface area contributed by atoms with E-state index < -0.39 is 17.9 Å². The summed E-state index contributed by atoms with van der Waals surface area (Å²) in [4.78, 5) is 43.0. The molecule has 2 aliphatic rings. The summed E-state index contributed by atoms with van der Waals surface area (Å²) in [6.45, 7) is 2.64. The number of methoxy groups -OCH3 is 1. The van der Waals surface area contributed by atoms with Crippen molar-refractivity contribution >= 4 is 28.5 Å². The number of nitrogens with one attached hydrogen (secondary N) is 3. The number of aromatic amines is 1. The van der Waals surface area contributed by atoms with Gasteiger partial charge in [-0.2, -0.15) is 0 Å². The summed E-state index contributed by atoms with van der Waals surface area (Å²) in [5.74, 6) is 1.44. The molecule has 5 rings (SSSR count). The molecule has 0 radical (unpaired) electrons. The van der Waals surface area contributed by atoms with Crippen LogP contribution in [0.2, 0.25) is 0 Å². The number of ether oxygens (including phenoxy) is 1. The van der Waals surface area contributed by atoms with E-state index in [0.717, 1.165) is 27.6 Å². The summed E-state index contributed by atoms with van der Waals surface area (Å²) in [5, 5.41) is 6.62. The lowest BCUT2D eigenvalue weighted by molar-refractivity contribution is -0.125. The quantitative estimate of drug-likeness (QED) is 0.343. The van der Waals surface area contributed by atoms with E-state index in [9.17, 15) is 14.4 Å². The molecule has 1 aliphatic heterocycles. The number of carbonyl (C=O) groups excluding carboxylic acids is 3. The molecule has 37 heavy (non-hydrogen) atoms. The summed E-state index contributed by atoms with van der Waals surface area (Å²) in [6.07, 6.45) is 8.10. The van der Waals surface area contributed by atoms with Gasteiger partial charge in [-0.1, -0.05) is 35.7 Å². The number of ketones is 1. The summed E-state index contributed by atoms with van der Waals surface area (Å²) in [6, 6.07) is 12.8. The zero-order valence-electron chi connectivity index (χ0n) is 21.1. The zero-order chi connectivity index (χ0) is 26.1. The molecule has 190 valence electrons. The van der Waals surface area contributed by atoms with E-state index in [1.54, 1.807) is 13.2 Å². The van der Waals surface area contributed by atoms with Crippen LogP contribution >= 0.6 is 0 Å². The highest BCUT2D eigenvalue weighted by atomic mass is 16.5. The Hall–Kier alpha value is -4.05. The van der Waals surface area contributed by atoms with Crippen molar-refractivity contribution < 1.29 is 19.1 Å². The molecule has 2 unspecified atom stereocenters. The molecular weight excluding hydrogens is 466 g/mol. The first kappa shape index (κ1) is 24.6. The van der Waals surface area contributed by atoms with Crippen LogP contribution in [-0.4, -0.2) is 42.3 Å². The van der Waals surface area contributed by atoms with Gasteiger partial charge in [-0.05, 0) is 61.9 Å². The van der Waals surface area contributed by atoms with Crippen molar-refractivity contribution in [3.8, 4) is 18.1 Å². The van der Waals surface area contributed by atoms with Gasteiger partial charge in [-0.25, -0.2) is 0 Å². The molecule has 0 spiro atoms. The molecule has 7 heteroatoms. The van der Waals surface area contributed by atoms with Crippen LogP contribution in [0.4, 0.5) is 0 Å². The van der Waals surface area contributed by atoms with Gasteiger partial charge in [0, 0.05) is 29.3 Å². The Labute approximate surface area is 216 Å². The first-order valence-electron chi connectivity index (χ1n) is 12.7. The fourth-order valence-corrected chi connectivity index (χ4v) is 5.78. The number of hydrogen-bond acceptors (Lipinski definition) is 4. The number of Topliss-reactive ketones (excluding diaryl/α,β-unsaturated/α-hetero) is 1. The number of hydrogen-bond donors (Lipinski definition) is 3. The second kappa shape index (κ2) is 10.1. The molecule has 1 aromatic heterocycles. The summed E-state index contributed by atoms with van der Waals surface area (Å²) < 4.78 is 5.46. The van der Waals surface area contributed by atoms with Crippen LogP contribution in [-0.2, 0) is 16.0 Å². The Balaban J connectivity index is 1.46. The number of terminal acetylenes is 1. The van der Waals surface area contributed by atoms with Gasteiger partial charge in [0.25, 0.3) is 0 Å². The Morgan fingerprint density at radius 3 is 2.78 bits per heavy atom. The fourth-order valence-electron chi connectivity index (χ4n) is 5.78. The summed E-state index contributed by atoms with van der Waals surface area (Å²) in [7, 11) is 1.60. The van der Waals surface area contributed by atoms with Crippen LogP contribution in [0.1, 0.15) is 52.4 Å². The molecule has 0 saturated carbocycles. The Morgan fingerprint density at radius 2 is 2.05 bits per heavy atom.